The molecule has 0 atom stereocenters. The molecule has 0 saturated heterocycles. The molecule has 0 bridgehead atoms. The first-order valence-corrected chi connectivity index (χ1v) is 10.7. The van der Waals surface area contributed by atoms with Crippen LogP contribution < -0.4 is 20.9 Å². The van der Waals surface area contributed by atoms with Gasteiger partial charge in [-0.15, -0.1) is 6.58 Å². The molecule has 1 aromatic carbocycles. The van der Waals surface area contributed by atoms with Crippen LogP contribution in [0.4, 0.5) is 0 Å². The number of thiocarbonyl (C=S) groups is 1. The molecule has 174 valence electrons. The van der Waals surface area contributed by atoms with E-state index in [4.69, 9.17) is 26.1 Å². The monoisotopic (exact) mass is 470 g/mol. The molecule has 33 heavy (non-hydrogen) atoms. The number of furan rings is 1. The van der Waals surface area contributed by atoms with E-state index in [1.54, 1.807) is 31.4 Å². The van der Waals surface area contributed by atoms with E-state index < -0.39 is 11.9 Å². The number of hydrogen-bond acceptors (Lipinski definition) is 6. The van der Waals surface area contributed by atoms with E-state index in [1.807, 2.05) is 29.7 Å². The van der Waals surface area contributed by atoms with Crippen LogP contribution in [0.3, 0.4) is 0 Å². The first kappa shape index (κ1) is 23.9. The van der Waals surface area contributed by atoms with Crippen LogP contribution in [0, 0.1) is 6.92 Å². The molecular formula is C23H26N4O5S. The van der Waals surface area contributed by atoms with Gasteiger partial charge in [0.15, 0.2) is 11.7 Å². The third-order valence-electron chi connectivity index (χ3n) is 4.76. The third-order valence-corrected chi connectivity index (χ3v) is 5.01. The molecule has 0 aliphatic heterocycles. The summed E-state index contributed by atoms with van der Waals surface area (Å²) in [5.74, 6) is 0.356. The quantitative estimate of drug-likeness (QED) is 0.190. The molecule has 0 saturated carbocycles. The van der Waals surface area contributed by atoms with Gasteiger partial charge in [-0.1, -0.05) is 6.08 Å². The fourth-order valence-electron chi connectivity index (χ4n) is 3.29. The maximum atomic E-state index is 12.7. The lowest BCUT2D eigenvalue weighted by atomic mass is 10.1. The number of aromatic nitrogens is 1. The number of esters is 1. The van der Waals surface area contributed by atoms with Gasteiger partial charge in [0.1, 0.15) is 11.5 Å². The van der Waals surface area contributed by atoms with Crippen molar-refractivity contribution >= 4 is 40.1 Å². The summed E-state index contributed by atoms with van der Waals surface area (Å²) in [7, 11) is 0. The number of rotatable bonds is 9. The summed E-state index contributed by atoms with van der Waals surface area (Å²) in [6.45, 7) is 8.14. The zero-order valence-corrected chi connectivity index (χ0v) is 19.3. The predicted molar refractivity (Wildman–Crippen MR) is 128 cm³/mol. The Balaban J connectivity index is 1.78. The second-order valence-electron chi connectivity index (χ2n) is 6.99. The Morgan fingerprint density at radius 2 is 2.09 bits per heavy atom. The van der Waals surface area contributed by atoms with E-state index in [-0.39, 0.29) is 18.3 Å². The maximum absolute atomic E-state index is 12.7. The van der Waals surface area contributed by atoms with Crippen LogP contribution in [0.15, 0.2) is 53.7 Å². The first-order valence-electron chi connectivity index (χ1n) is 10.3. The lowest BCUT2D eigenvalue weighted by molar-refractivity contribution is -0.123. The smallest absolute Gasteiger partial charge is 0.340 e. The van der Waals surface area contributed by atoms with Gasteiger partial charge in [0.2, 0.25) is 0 Å². The van der Waals surface area contributed by atoms with Gasteiger partial charge >= 0.3 is 5.97 Å². The van der Waals surface area contributed by atoms with Crippen molar-refractivity contribution in [1.29, 1.82) is 0 Å². The van der Waals surface area contributed by atoms with Gasteiger partial charge in [-0.05, 0) is 56.4 Å². The van der Waals surface area contributed by atoms with Crippen molar-refractivity contribution < 1.29 is 23.5 Å². The summed E-state index contributed by atoms with van der Waals surface area (Å²) in [5.41, 5.74) is 7.04. The average Bonchev–Trinajstić information content (AvgIpc) is 3.41. The van der Waals surface area contributed by atoms with Gasteiger partial charge in [-0.3, -0.25) is 15.6 Å². The Labute approximate surface area is 196 Å². The molecule has 0 unspecified atom stereocenters. The molecule has 1 amide bonds. The molecular weight excluding hydrogens is 444 g/mol. The minimum Gasteiger partial charge on any atom is -0.484 e. The zero-order valence-electron chi connectivity index (χ0n) is 18.5. The standard InChI is InChI=1S/C23H26N4O5S/c1-4-10-24-23(33)26-25-20(28)14-32-16-8-9-19-18(12-16)21(22(29)30-5-2)15(3)27(19)13-17-7-6-11-31-17/h4,6-9,11-12H,1,5,10,13-14H2,2-3H3,(H,25,28)(H2,24,26,33). The summed E-state index contributed by atoms with van der Waals surface area (Å²) < 4.78 is 18.4. The molecule has 3 aromatic rings. The summed E-state index contributed by atoms with van der Waals surface area (Å²) in [6.07, 6.45) is 3.25. The molecule has 0 radical (unpaired) electrons. The summed E-state index contributed by atoms with van der Waals surface area (Å²) >= 11 is 5.01. The van der Waals surface area contributed by atoms with Crippen LogP contribution in [0.25, 0.3) is 10.9 Å². The van der Waals surface area contributed by atoms with E-state index in [0.717, 1.165) is 17.0 Å². The Kier molecular flexibility index (Phi) is 8.09. The van der Waals surface area contributed by atoms with E-state index in [0.29, 0.717) is 29.8 Å². The summed E-state index contributed by atoms with van der Waals surface area (Å²) in [6, 6.07) is 9.00. The minimum atomic E-state index is -0.421. The number of nitrogens with zero attached hydrogens (tertiary/aromatic N) is 1. The van der Waals surface area contributed by atoms with Crippen LogP contribution in [-0.4, -0.2) is 41.3 Å². The third kappa shape index (κ3) is 5.92. The normalized spacial score (nSPS) is 10.5. The Morgan fingerprint density at radius 3 is 2.79 bits per heavy atom. The number of fused-ring (bicyclic) bond motifs is 1. The lowest BCUT2D eigenvalue weighted by Crippen LogP contribution is -2.48. The highest BCUT2D eigenvalue weighted by atomic mass is 32.1. The van der Waals surface area contributed by atoms with Gasteiger partial charge < -0.3 is 23.8 Å². The van der Waals surface area contributed by atoms with Crippen molar-refractivity contribution in [2.24, 2.45) is 0 Å². The highest BCUT2D eigenvalue weighted by Gasteiger charge is 2.22. The molecule has 9 nitrogen and oxygen atoms in total. The minimum absolute atomic E-state index is 0.247. The average molecular weight is 471 g/mol. The lowest BCUT2D eigenvalue weighted by Gasteiger charge is -2.11. The van der Waals surface area contributed by atoms with Gasteiger partial charge in [-0.25, -0.2) is 4.79 Å². The van der Waals surface area contributed by atoms with Gasteiger partial charge in [0.25, 0.3) is 5.91 Å². The highest BCUT2D eigenvalue weighted by molar-refractivity contribution is 7.80. The molecule has 10 heteroatoms. The van der Waals surface area contributed by atoms with Gasteiger partial charge in [-0.2, -0.15) is 0 Å². The number of nitrogens with one attached hydrogen (secondary N) is 3. The van der Waals surface area contributed by atoms with Crippen LogP contribution in [0.1, 0.15) is 28.7 Å². The number of carbonyl (C=O) groups is 2. The number of ether oxygens (including phenoxy) is 2. The van der Waals surface area contributed by atoms with E-state index in [1.165, 1.54) is 0 Å². The molecule has 2 aromatic heterocycles. The number of carbonyl (C=O) groups excluding carboxylic acids is 2. The number of benzene rings is 1. The second-order valence-corrected chi connectivity index (χ2v) is 7.39. The molecule has 0 aliphatic carbocycles. The van der Waals surface area contributed by atoms with Crippen molar-refractivity contribution in [3.05, 3.63) is 66.3 Å². The summed E-state index contributed by atoms with van der Waals surface area (Å²) in [4.78, 5) is 24.8. The molecule has 3 N–H and O–H groups in total. The number of amides is 1. The van der Waals surface area contributed by atoms with Gasteiger partial charge in [0, 0.05) is 23.1 Å². The van der Waals surface area contributed by atoms with Crippen LogP contribution in [-0.2, 0) is 16.1 Å². The molecule has 0 spiro atoms. The van der Waals surface area contributed by atoms with E-state index in [2.05, 4.69) is 22.7 Å². The van der Waals surface area contributed by atoms with Crippen LogP contribution >= 0.6 is 12.2 Å². The van der Waals surface area contributed by atoms with Crippen molar-refractivity contribution in [3.8, 4) is 5.75 Å². The summed E-state index contributed by atoms with van der Waals surface area (Å²) in [5, 5.41) is 3.76. The molecule has 3 rings (SSSR count). The van der Waals surface area contributed by atoms with Crippen molar-refractivity contribution in [2.75, 3.05) is 19.8 Å². The number of hydrogen-bond donors (Lipinski definition) is 3. The molecule has 2 heterocycles. The van der Waals surface area contributed by atoms with Crippen molar-refractivity contribution in [2.45, 2.75) is 20.4 Å². The number of hydrazine groups is 1. The maximum Gasteiger partial charge on any atom is 0.340 e. The largest absolute Gasteiger partial charge is 0.484 e. The van der Waals surface area contributed by atoms with Crippen LogP contribution in [0.5, 0.6) is 5.75 Å². The van der Waals surface area contributed by atoms with Gasteiger partial charge in [0.05, 0.1) is 25.0 Å². The predicted octanol–water partition coefficient (Wildman–Crippen LogP) is 2.83. The Hall–Kier alpha value is -3.79. The molecule has 0 aliphatic rings. The second kappa shape index (κ2) is 11.2. The van der Waals surface area contributed by atoms with Crippen LogP contribution in [0.2, 0.25) is 0 Å². The van der Waals surface area contributed by atoms with E-state index >= 15 is 0 Å². The highest BCUT2D eigenvalue weighted by Crippen LogP contribution is 2.31. The topological polar surface area (TPSA) is 107 Å². The fraction of sp³-hybridized carbons (Fsp3) is 0.261. The fourth-order valence-corrected chi connectivity index (χ4v) is 3.43. The molecule has 0 fully saturated rings. The SMILES string of the molecule is C=CCNC(=S)NNC(=O)COc1ccc2c(c1)c(C(=O)OCC)c(C)n2Cc1ccco1. The first-order chi connectivity index (χ1) is 15.9. The Bertz CT molecular complexity index is 1150. The Morgan fingerprint density at radius 1 is 1.27 bits per heavy atom. The zero-order chi connectivity index (χ0) is 23.8. The van der Waals surface area contributed by atoms with Crippen molar-refractivity contribution in [1.82, 2.24) is 20.7 Å². The van der Waals surface area contributed by atoms with E-state index in [9.17, 15) is 9.59 Å². The van der Waals surface area contributed by atoms with Crippen molar-refractivity contribution in [3.63, 3.8) is 0 Å².